The lowest BCUT2D eigenvalue weighted by atomic mass is 9.88. The molecule has 1 N–H and O–H groups in total. The van der Waals surface area contributed by atoms with Gasteiger partial charge in [-0.1, -0.05) is 12.1 Å². The number of nitriles is 1. The fourth-order valence-corrected chi connectivity index (χ4v) is 3.54. The minimum Gasteiger partial charge on any atom is -0.335 e. The third kappa shape index (κ3) is 3.61. The first-order valence-electron chi connectivity index (χ1n) is 9.41. The van der Waals surface area contributed by atoms with Gasteiger partial charge in [0.2, 0.25) is 5.91 Å². The first kappa shape index (κ1) is 18.8. The zero-order valence-electron chi connectivity index (χ0n) is 15.9. The lowest BCUT2D eigenvalue weighted by Gasteiger charge is -2.35. The standard InChI is InChI=1S/C22H19FN4O2/c1-13-9-20(28)27(22(29)26-16-5-6-16)21(18(13)11-24)14-4-7-19(23)17(10-14)15-3-2-8-25-12-15/h2-4,7-8,10,12,16,21H,5-6,9H2,1H3,(H,26,29). The maximum Gasteiger partial charge on any atom is 0.325 e. The molecule has 2 aromatic rings. The van der Waals surface area contributed by atoms with Crippen LogP contribution in [0.25, 0.3) is 11.1 Å². The Labute approximate surface area is 167 Å². The minimum atomic E-state index is -0.893. The largest absolute Gasteiger partial charge is 0.335 e. The van der Waals surface area contributed by atoms with Gasteiger partial charge in [-0.15, -0.1) is 0 Å². The molecule has 0 radical (unpaired) electrons. The number of urea groups is 1. The normalized spacial score (nSPS) is 19.1. The molecule has 1 aliphatic heterocycles. The monoisotopic (exact) mass is 390 g/mol. The molecule has 0 spiro atoms. The number of benzene rings is 1. The van der Waals surface area contributed by atoms with Crippen molar-refractivity contribution in [3.8, 4) is 17.2 Å². The van der Waals surface area contributed by atoms with Crippen LogP contribution in [0.3, 0.4) is 0 Å². The Hall–Kier alpha value is -3.53. The summed E-state index contributed by atoms with van der Waals surface area (Å²) in [6.07, 6.45) is 4.89. The average Bonchev–Trinajstić information content (AvgIpc) is 3.52. The first-order chi connectivity index (χ1) is 14.0. The van der Waals surface area contributed by atoms with Crippen LogP contribution in [0, 0.1) is 17.1 Å². The summed E-state index contributed by atoms with van der Waals surface area (Å²) in [5.41, 5.74) is 2.32. The average molecular weight is 390 g/mol. The molecular weight excluding hydrogens is 371 g/mol. The Morgan fingerprint density at radius 2 is 2.14 bits per heavy atom. The van der Waals surface area contributed by atoms with Crippen molar-refractivity contribution in [3.63, 3.8) is 0 Å². The predicted molar refractivity (Wildman–Crippen MR) is 104 cm³/mol. The number of hydrogen-bond donors (Lipinski definition) is 1. The summed E-state index contributed by atoms with van der Waals surface area (Å²) in [5.74, 6) is -0.825. The summed E-state index contributed by atoms with van der Waals surface area (Å²) in [5, 5.41) is 12.6. The van der Waals surface area contributed by atoms with Crippen LogP contribution in [-0.2, 0) is 4.79 Å². The molecule has 1 aromatic carbocycles. The van der Waals surface area contributed by atoms with E-state index in [1.54, 1.807) is 31.3 Å². The van der Waals surface area contributed by atoms with Gasteiger partial charge in [0.1, 0.15) is 11.9 Å². The second kappa shape index (κ2) is 7.47. The summed E-state index contributed by atoms with van der Waals surface area (Å²) in [7, 11) is 0. The number of aromatic nitrogens is 1. The number of carbonyl (C=O) groups is 2. The molecule has 1 fully saturated rings. The molecular formula is C22H19FN4O2. The van der Waals surface area contributed by atoms with Crippen molar-refractivity contribution in [1.29, 1.82) is 5.26 Å². The molecule has 1 aliphatic carbocycles. The molecule has 2 heterocycles. The number of nitrogens with one attached hydrogen (secondary N) is 1. The van der Waals surface area contributed by atoms with Crippen molar-refractivity contribution in [3.05, 3.63) is 65.3 Å². The fourth-order valence-electron chi connectivity index (χ4n) is 3.54. The van der Waals surface area contributed by atoms with Crippen LogP contribution in [0.5, 0.6) is 0 Å². The van der Waals surface area contributed by atoms with Crippen LogP contribution in [-0.4, -0.2) is 27.9 Å². The molecule has 6 nitrogen and oxygen atoms in total. The molecule has 1 unspecified atom stereocenters. The van der Waals surface area contributed by atoms with Crippen molar-refractivity contribution in [2.75, 3.05) is 0 Å². The van der Waals surface area contributed by atoms with Crippen molar-refractivity contribution in [1.82, 2.24) is 15.2 Å². The maximum atomic E-state index is 14.5. The number of hydrogen-bond acceptors (Lipinski definition) is 4. The van der Waals surface area contributed by atoms with E-state index in [1.165, 1.54) is 18.3 Å². The van der Waals surface area contributed by atoms with E-state index in [-0.39, 0.29) is 18.4 Å². The van der Waals surface area contributed by atoms with Gasteiger partial charge in [-0.2, -0.15) is 5.26 Å². The quantitative estimate of drug-likeness (QED) is 0.862. The topological polar surface area (TPSA) is 86.1 Å². The summed E-state index contributed by atoms with van der Waals surface area (Å²) >= 11 is 0. The Balaban J connectivity index is 1.82. The van der Waals surface area contributed by atoms with E-state index in [1.807, 2.05) is 0 Å². The van der Waals surface area contributed by atoms with Crippen molar-refractivity contribution in [2.45, 2.75) is 38.3 Å². The lowest BCUT2D eigenvalue weighted by molar-refractivity contribution is -0.129. The van der Waals surface area contributed by atoms with Gasteiger partial charge in [0.25, 0.3) is 0 Å². The van der Waals surface area contributed by atoms with Crippen LogP contribution in [0.1, 0.15) is 37.8 Å². The van der Waals surface area contributed by atoms with E-state index >= 15 is 0 Å². The Bertz CT molecular complexity index is 1050. The molecule has 1 atom stereocenters. The SMILES string of the molecule is CC1=C(C#N)C(c2ccc(F)c(-c3cccnc3)c2)N(C(=O)NC2CC2)C(=O)C1. The predicted octanol–water partition coefficient (Wildman–Crippen LogP) is 3.87. The second-order valence-corrected chi connectivity index (χ2v) is 7.35. The third-order valence-corrected chi connectivity index (χ3v) is 5.20. The molecule has 0 bridgehead atoms. The number of nitrogens with zero attached hydrogens (tertiary/aromatic N) is 3. The molecule has 7 heteroatoms. The summed E-state index contributed by atoms with van der Waals surface area (Å²) in [6, 6.07) is 8.61. The highest BCUT2D eigenvalue weighted by atomic mass is 19.1. The Morgan fingerprint density at radius 1 is 1.34 bits per heavy atom. The summed E-state index contributed by atoms with van der Waals surface area (Å²) in [6.45, 7) is 1.71. The second-order valence-electron chi connectivity index (χ2n) is 7.35. The van der Waals surface area contributed by atoms with Crippen molar-refractivity contribution in [2.24, 2.45) is 0 Å². The number of rotatable bonds is 3. The lowest BCUT2D eigenvalue weighted by Crippen LogP contribution is -2.49. The highest BCUT2D eigenvalue weighted by Gasteiger charge is 2.40. The number of halogens is 1. The smallest absolute Gasteiger partial charge is 0.325 e. The van der Waals surface area contributed by atoms with Crippen LogP contribution in [0.15, 0.2) is 53.9 Å². The van der Waals surface area contributed by atoms with E-state index in [0.717, 1.165) is 17.7 Å². The molecule has 1 saturated carbocycles. The molecule has 29 heavy (non-hydrogen) atoms. The summed E-state index contributed by atoms with van der Waals surface area (Å²) in [4.78, 5) is 30.7. The van der Waals surface area contributed by atoms with Crippen molar-refractivity contribution >= 4 is 11.9 Å². The van der Waals surface area contributed by atoms with E-state index in [2.05, 4.69) is 16.4 Å². The Morgan fingerprint density at radius 3 is 2.79 bits per heavy atom. The zero-order valence-corrected chi connectivity index (χ0v) is 15.9. The van der Waals surface area contributed by atoms with E-state index in [4.69, 9.17) is 0 Å². The van der Waals surface area contributed by atoms with Gasteiger partial charge in [0, 0.05) is 36.0 Å². The molecule has 2 aliphatic rings. The summed E-state index contributed by atoms with van der Waals surface area (Å²) < 4.78 is 14.5. The van der Waals surface area contributed by atoms with E-state index < -0.39 is 17.9 Å². The van der Waals surface area contributed by atoms with Crippen LogP contribution < -0.4 is 5.32 Å². The van der Waals surface area contributed by atoms with E-state index in [0.29, 0.717) is 27.8 Å². The highest BCUT2D eigenvalue weighted by molar-refractivity contribution is 5.98. The van der Waals surface area contributed by atoms with Crippen molar-refractivity contribution < 1.29 is 14.0 Å². The van der Waals surface area contributed by atoms with Crippen LogP contribution in [0.4, 0.5) is 9.18 Å². The number of amides is 3. The molecule has 0 saturated heterocycles. The molecule has 1 aromatic heterocycles. The fraction of sp³-hybridized carbons (Fsp3) is 0.273. The van der Waals surface area contributed by atoms with Gasteiger partial charge in [0.05, 0.1) is 11.6 Å². The maximum absolute atomic E-state index is 14.5. The third-order valence-electron chi connectivity index (χ3n) is 5.20. The van der Waals surface area contributed by atoms with Crippen LogP contribution in [0.2, 0.25) is 0 Å². The molecule has 3 amide bonds. The van der Waals surface area contributed by atoms with Gasteiger partial charge >= 0.3 is 6.03 Å². The van der Waals surface area contributed by atoms with E-state index in [9.17, 15) is 19.2 Å². The van der Waals surface area contributed by atoms with Gasteiger partial charge in [-0.3, -0.25) is 14.7 Å². The molecule has 4 rings (SSSR count). The van der Waals surface area contributed by atoms with Crippen LogP contribution >= 0.6 is 0 Å². The zero-order chi connectivity index (χ0) is 20.5. The van der Waals surface area contributed by atoms with Gasteiger partial charge in [0.15, 0.2) is 0 Å². The van der Waals surface area contributed by atoms with Gasteiger partial charge < -0.3 is 5.32 Å². The number of pyridine rings is 1. The van der Waals surface area contributed by atoms with Gasteiger partial charge in [-0.05, 0) is 49.1 Å². The Kier molecular flexibility index (Phi) is 4.85. The first-order valence-corrected chi connectivity index (χ1v) is 9.41. The minimum absolute atomic E-state index is 0.00807. The number of carbonyl (C=O) groups excluding carboxylic acids is 2. The number of imide groups is 1. The highest BCUT2D eigenvalue weighted by Crippen LogP contribution is 2.38. The molecule has 146 valence electrons. The van der Waals surface area contributed by atoms with Gasteiger partial charge in [-0.25, -0.2) is 9.18 Å².